The van der Waals surface area contributed by atoms with E-state index in [2.05, 4.69) is 4.98 Å². The van der Waals surface area contributed by atoms with Gasteiger partial charge in [-0.05, 0) is 61.7 Å². The maximum absolute atomic E-state index is 13.7. The number of nitrogens with zero attached hydrogens (tertiary/aromatic N) is 2. The van der Waals surface area contributed by atoms with Gasteiger partial charge in [-0.2, -0.15) is 0 Å². The lowest BCUT2D eigenvalue weighted by molar-refractivity contribution is -0.132. The van der Waals surface area contributed by atoms with Crippen LogP contribution in [0.3, 0.4) is 0 Å². The second-order valence-corrected chi connectivity index (χ2v) is 9.43. The first-order valence-corrected chi connectivity index (χ1v) is 12.4. The van der Waals surface area contributed by atoms with E-state index >= 15 is 0 Å². The van der Waals surface area contributed by atoms with Gasteiger partial charge in [-0.25, -0.2) is 14.2 Å². The molecule has 192 valence electrons. The van der Waals surface area contributed by atoms with E-state index in [1.165, 1.54) is 31.4 Å². The van der Waals surface area contributed by atoms with E-state index in [9.17, 15) is 23.9 Å². The third kappa shape index (κ3) is 4.84. The number of aromatic nitrogens is 1. The number of rotatable bonds is 7. The summed E-state index contributed by atoms with van der Waals surface area (Å²) in [6.45, 7) is 5.91. The summed E-state index contributed by atoms with van der Waals surface area (Å²) in [6.07, 6.45) is 0.830. The molecule has 1 aliphatic heterocycles. The first-order chi connectivity index (χ1) is 17.7. The van der Waals surface area contributed by atoms with Gasteiger partial charge in [0.05, 0.1) is 31.0 Å². The third-order valence-electron chi connectivity index (χ3n) is 5.90. The molecule has 3 aromatic rings. The summed E-state index contributed by atoms with van der Waals surface area (Å²) in [4.78, 5) is 44.4. The Kier molecular flexibility index (Phi) is 7.40. The summed E-state index contributed by atoms with van der Waals surface area (Å²) in [5.41, 5.74) is 1.59. The molecule has 1 fully saturated rings. The molecule has 37 heavy (non-hydrogen) atoms. The molecule has 0 aliphatic carbocycles. The Balaban J connectivity index is 1.88. The minimum Gasteiger partial charge on any atom is -0.507 e. The molecule has 10 heteroatoms. The Morgan fingerprint density at radius 3 is 2.49 bits per heavy atom. The second-order valence-electron chi connectivity index (χ2n) is 8.45. The van der Waals surface area contributed by atoms with Gasteiger partial charge in [-0.1, -0.05) is 30.4 Å². The standard InChI is InChI=1S/C27H25FN2O6S/c1-5-12-36-19-11-8-17(13-14(19)2)22(31)20-21(16-6-9-18(28)10-7-16)30(25(33)23(20)32)27-29-15(3)24(37-27)26(34)35-4/h6-11,13,21,31H,5,12H2,1-4H3/b22-20+. The molecule has 1 saturated heterocycles. The molecule has 1 N–H and O–H groups in total. The highest BCUT2D eigenvalue weighted by molar-refractivity contribution is 7.17. The van der Waals surface area contributed by atoms with Crippen LogP contribution in [-0.2, 0) is 14.3 Å². The average molecular weight is 525 g/mol. The molecule has 0 spiro atoms. The minimum absolute atomic E-state index is 0.0767. The van der Waals surface area contributed by atoms with Crippen LogP contribution in [0.5, 0.6) is 5.75 Å². The van der Waals surface area contributed by atoms with E-state index in [1.54, 1.807) is 25.1 Å². The number of thiazole rings is 1. The maximum atomic E-state index is 13.7. The van der Waals surface area contributed by atoms with E-state index in [-0.39, 0.29) is 21.3 Å². The lowest BCUT2D eigenvalue weighted by Gasteiger charge is -2.23. The van der Waals surface area contributed by atoms with Crippen molar-refractivity contribution >= 4 is 39.9 Å². The van der Waals surface area contributed by atoms with Gasteiger partial charge in [0.2, 0.25) is 0 Å². The topological polar surface area (TPSA) is 106 Å². The molecule has 2 aromatic carbocycles. The number of ketones is 1. The summed E-state index contributed by atoms with van der Waals surface area (Å²) in [7, 11) is 1.23. The Morgan fingerprint density at radius 1 is 1.16 bits per heavy atom. The Bertz CT molecular complexity index is 1410. The fourth-order valence-corrected chi connectivity index (χ4v) is 5.10. The second kappa shape index (κ2) is 10.5. The number of Topliss-reactive ketones (excluding diaryl/α,β-unsaturated/α-hetero) is 1. The van der Waals surface area contributed by atoms with Gasteiger partial charge in [0, 0.05) is 5.56 Å². The molecule has 1 atom stereocenters. The number of halogens is 1. The maximum Gasteiger partial charge on any atom is 0.350 e. The van der Waals surface area contributed by atoms with Crippen molar-refractivity contribution in [3.63, 3.8) is 0 Å². The SMILES string of the molecule is CCCOc1ccc(/C(O)=C2\C(=O)C(=O)N(c3nc(C)c(C(=O)OC)s3)C2c2ccc(F)cc2)cc1C. The predicted octanol–water partition coefficient (Wildman–Crippen LogP) is 5.10. The molecule has 1 amide bonds. The Morgan fingerprint density at radius 2 is 1.86 bits per heavy atom. The molecule has 0 bridgehead atoms. The first kappa shape index (κ1) is 26.0. The van der Waals surface area contributed by atoms with Gasteiger partial charge in [0.25, 0.3) is 5.78 Å². The van der Waals surface area contributed by atoms with Crippen molar-refractivity contribution < 1.29 is 33.4 Å². The summed E-state index contributed by atoms with van der Waals surface area (Å²) < 4.78 is 24.2. The number of hydrogen-bond acceptors (Lipinski definition) is 8. The average Bonchev–Trinajstić information content (AvgIpc) is 3.39. The Labute approximate surface area is 217 Å². The molecule has 1 aliphatic rings. The number of anilines is 1. The number of esters is 1. The zero-order valence-corrected chi connectivity index (χ0v) is 21.5. The first-order valence-electron chi connectivity index (χ1n) is 11.5. The normalized spacial score (nSPS) is 16.8. The number of methoxy groups -OCH3 is 1. The van der Waals surface area contributed by atoms with Gasteiger partial charge in [-0.3, -0.25) is 14.5 Å². The number of aliphatic hydroxyl groups is 1. The largest absolute Gasteiger partial charge is 0.507 e. The van der Waals surface area contributed by atoms with Gasteiger partial charge in [-0.15, -0.1) is 0 Å². The van der Waals surface area contributed by atoms with Crippen LogP contribution in [0.15, 0.2) is 48.0 Å². The summed E-state index contributed by atoms with van der Waals surface area (Å²) in [5.74, 6) is -2.73. The van der Waals surface area contributed by atoms with Crippen molar-refractivity contribution in [2.75, 3.05) is 18.6 Å². The van der Waals surface area contributed by atoms with E-state index < -0.39 is 29.5 Å². The smallest absolute Gasteiger partial charge is 0.350 e. The zero-order chi connectivity index (χ0) is 26.9. The molecular weight excluding hydrogens is 499 g/mol. The zero-order valence-electron chi connectivity index (χ0n) is 20.7. The fraction of sp³-hybridized carbons (Fsp3) is 0.259. The molecule has 1 aromatic heterocycles. The van der Waals surface area contributed by atoms with Crippen molar-refractivity contribution in [1.29, 1.82) is 0 Å². The lowest BCUT2D eigenvalue weighted by Crippen LogP contribution is -2.29. The van der Waals surface area contributed by atoms with Crippen LogP contribution in [0.4, 0.5) is 9.52 Å². The number of amides is 1. The predicted molar refractivity (Wildman–Crippen MR) is 136 cm³/mol. The van der Waals surface area contributed by atoms with E-state index in [4.69, 9.17) is 9.47 Å². The minimum atomic E-state index is -1.10. The van der Waals surface area contributed by atoms with Gasteiger partial charge < -0.3 is 14.6 Å². The van der Waals surface area contributed by atoms with Crippen LogP contribution in [-0.4, -0.2) is 41.5 Å². The quantitative estimate of drug-likeness (QED) is 0.198. The lowest BCUT2D eigenvalue weighted by atomic mass is 9.95. The van der Waals surface area contributed by atoms with Crippen molar-refractivity contribution in [2.24, 2.45) is 0 Å². The van der Waals surface area contributed by atoms with Gasteiger partial charge >= 0.3 is 11.9 Å². The molecular formula is C27H25FN2O6S. The van der Waals surface area contributed by atoms with Crippen LogP contribution in [0, 0.1) is 19.7 Å². The van der Waals surface area contributed by atoms with Crippen LogP contribution < -0.4 is 9.64 Å². The monoisotopic (exact) mass is 524 g/mol. The van der Waals surface area contributed by atoms with Gasteiger partial charge in [0.15, 0.2) is 5.13 Å². The molecule has 2 heterocycles. The number of hydrogen-bond donors (Lipinski definition) is 1. The molecule has 0 saturated carbocycles. The van der Waals surface area contributed by atoms with Crippen molar-refractivity contribution in [1.82, 2.24) is 4.98 Å². The van der Waals surface area contributed by atoms with E-state index in [0.29, 0.717) is 29.2 Å². The highest BCUT2D eigenvalue weighted by Crippen LogP contribution is 2.44. The van der Waals surface area contributed by atoms with Crippen molar-refractivity contribution in [3.05, 3.63) is 81.1 Å². The number of carbonyl (C=O) groups is 3. The van der Waals surface area contributed by atoms with Crippen molar-refractivity contribution in [2.45, 2.75) is 33.2 Å². The van der Waals surface area contributed by atoms with E-state index in [0.717, 1.165) is 28.2 Å². The summed E-state index contributed by atoms with van der Waals surface area (Å²) in [6, 6.07) is 9.12. The number of carbonyl (C=O) groups excluding carboxylic acids is 3. The van der Waals surface area contributed by atoms with E-state index in [1.807, 2.05) is 13.8 Å². The molecule has 0 radical (unpaired) electrons. The number of aliphatic hydroxyl groups excluding tert-OH is 1. The van der Waals surface area contributed by atoms with Crippen LogP contribution >= 0.6 is 11.3 Å². The van der Waals surface area contributed by atoms with Crippen LogP contribution in [0.2, 0.25) is 0 Å². The van der Waals surface area contributed by atoms with Crippen LogP contribution in [0.25, 0.3) is 5.76 Å². The highest BCUT2D eigenvalue weighted by Gasteiger charge is 2.48. The highest BCUT2D eigenvalue weighted by atomic mass is 32.1. The molecule has 8 nitrogen and oxygen atoms in total. The summed E-state index contributed by atoms with van der Waals surface area (Å²) in [5, 5.41) is 11.4. The molecule has 4 rings (SSSR count). The number of aryl methyl sites for hydroxylation is 2. The number of ether oxygens (including phenoxy) is 2. The summed E-state index contributed by atoms with van der Waals surface area (Å²) >= 11 is 0.891. The Hall–Kier alpha value is -4.05. The van der Waals surface area contributed by atoms with Crippen molar-refractivity contribution in [3.8, 4) is 5.75 Å². The fourth-order valence-electron chi connectivity index (χ4n) is 4.08. The van der Waals surface area contributed by atoms with Gasteiger partial charge in [0.1, 0.15) is 22.2 Å². The van der Waals surface area contributed by atoms with Crippen LogP contribution in [0.1, 0.15) is 51.4 Å². The number of benzene rings is 2. The molecule has 1 unspecified atom stereocenters. The third-order valence-corrected chi connectivity index (χ3v) is 7.04.